The molecule has 0 aliphatic rings. The van der Waals surface area contributed by atoms with Crippen molar-refractivity contribution < 1.29 is 4.79 Å². The molecule has 0 rings (SSSR count). The first kappa shape index (κ1) is 14.4. The first-order valence-corrected chi connectivity index (χ1v) is 6.23. The molecule has 1 nitrogen and oxygen atoms in total. The highest BCUT2D eigenvalue weighted by atomic mass is 16.1. The topological polar surface area (TPSA) is 17.1 Å². The molecule has 0 bridgehead atoms. The Labute approximate surface area is 95.0 Å². The summed E-state index contributed by atoms with van der Waals surface area (Å²) in [5.74, 6) is 0.344. The van der Waals surface area contributed by atoms with Crippen LogP contribution in [0.1, 0.15) is 59.3 Å². The number of carbonyl (C=O) groups is 1. The first-order chi connectivity index (χ1) is 7.14. The zero-order valence-electron chi connectivity index (χ0n) is 10.6. The SMILES string of the molecule is C=C[C@@H](CCC)[C@](C)(C=O)CCCCC. The second-order valence-electron chi connectivity index (χ2n) is 4.71. The Balaban J connectivity index is 4.35. The third kappa shape index (κ3) is 4.63. The lowest BCUT2D eigenvalue weighted by Gasteiger charge is -2.30. The summed E-state index contributed by atoms with van der Waals surface area (Å²) >= 11 is 0. The van der Waals surface area contributed by atoms with Gasteiger partial charge in [0.05, 0.1) is 0 Å². The van der Waals surface area contributed by atoms with Crippen molar-refractivity contribution in [2.75, 3.05) is 0 Å². The second-order valence-corrected chi connectivity index (χ2v) is 4.71. The van der Waals surface area contributed by atoms with Gasteiger partial charge < -0.3 is 4.79 Å². The van der Waals surface area contributed by atoms with E-state index in [1.807, 2.05) is 6.08 Å². The molecule has 0 radical (unpaired) electrons. The van der Waals surface area contributed by atoms with Crippen molar-refractivity contribution in [3.8, 4) is 0 Å². The van der Waals surface area contributed by atoms with E-state index in [4.69, 9.17) is 0 Å². The monoisotopic (exact) mass is 210 g/mol. The predicted octanol–water partition coefficient (Wildman–Crippen LogP) is 4.37. The summed E-state index contributed by atoms with van der Waals surface area (Å²) < 4.78 is 0. The highest BCUT2D eigenvalue weighted by Crippen LogP contribution is 2.35. The number of hydrogen-bond donors (Lipinski definition) is 0. The van der Waals surface area contributed by atoms with E-state index in [1.54, 1.807) is 0 Å². The molecule has 15 heavy (non-hydrogen) atoms. The van der Waals surface area contributed by atoms with Gasteiger partial charge in [0.25, 0.3) is 0 Å². The maximum atomic E-state index is 11.2. The lowest BCUT2D eigenvalue weighted by atomic mass is 9.72. The summed E-state index contributed by atoms with van der Waals surface area (Å²) in [6, 6.07) is 0. The van der Waals surface area contributed by atoms with E-state index in [9.17, 15) is 4.79 Å². The lowest BCUT2D eigenvalue weighted by molar-refractivity contribution is -0.117. The molecular weight excluding hydrogens is 184 g/mol. The van der Waals surface area contributed by atoms with Crippen molar-refractivity contribution in [3.05, 3.63) is 12.7 Å². The summed E-state index contributed by atoms with van der Waals surface area (Å²) in [5, 5.41) is 0. The van der Waals surface area contributed by atoms with Crippen molar-refractivity contribution >= 4 is 6.29 Å². The average molecular weight is 210 g/mol. The van der Waals surface area contributed by atoms with Gasteiger partial charge in [-0.05, 0) is 18.8 Å². The van der Waals surface area contributed by atoms with Gasteiger partial charge in [-0.2, -0.15) is 0 Å². The van der Waals surface area contributed by atoms with Crippen LogP contribution in [0.5, 0.6) is 0 Å². The molecule has 0 aliphatic carbocycles. The number of hydrogen-bond acceptors (Lipinski definition) is 1. The molecule has 88 valence electrons. The van der Waals surface area contributed by atoms with Gasteiger partial charge in [-0.1, -0.05) is 52.5 Å². The molecule has 0 amide bonds. The van der Waals surface area contributed by atoms with E-state index in [-0.39, 0.29) is 5.41 Å². The van der Waals surface area contributed by atoms with Crippen LogP contribution in [0.4, 0.5) is 0 Å². The molecule has 0 saturated heterocycles. The van der Waals surface area contributed by atoms with E-state index in [2.05, 4.69) is 27.4 Å². The summed E-state index contributed by atoms with van der Waals surface area (Å²) in [6.07, 6.45) is 9.88. The van der Waals surface area contributed by atoms with Gasteiger partial charge in [0.1, 0.15) is 6.29 Å². The van der Waals surface area contributed by atoms with Crippen molar-refractivity contribution in [3.63, 3.8) is 0 Å². The minimum Gasteiger partial charge on any atom is -0.303 e. The molecule has 0 aromatic rings. The number of allylic oxidation sites excluding steroid dienone is 1. The lowest BCUT2D eigenvalue weighted by Crippen LogP contribution is -2.27. The van der Waals surface area contributed by atoms with Crippen LogP contribution in [0.3, 0.4) is 0 Å². The van der Waals surface area contributed by atoms with E-state index < -0.39 is 0 Å². The third-order valence-electron chi connectivity index (χ3n) is 3.32. The minimum atomic E-state index is -0.188. The van der Waals surface area contributed by atoms with E-state index >= 15 is 0 Å². The van der Waals surface area contributed by atoms with Crippen LogP contribution in [-0.2, 0) is 4.79 Å². The van der Waals surface area contributed by atoms with Crippen LogP contribution in [0, 0.1) is 11.3 Å². The highest BCUT2D eigenvalue weighted by molar-refractivity contribution is 5.59. The van der Waals surface area contributed by atoms with Gasteiger partial charge in [-0.25, -0.2) is 0 Å². The van der Waals surface area contributed by atoms with Crippen molar-refractivity contribution in [2.24, 2.45) is 11.3 Å². The van der Waals surface area contributed by atoms with Crippen molar-refractivity contribution in [1.29, 1.82) is 0 Å². The van der Waals surface area contributed by atoms with Crippen molar-refractivity contribution in [1.82, 2.24) is 0 Å². The fourth-order valence-corrected chi connectivity index (χ4v) is 2.12. The summed E-state index contributed by atoms with van der Waals surface area (Å²) in [5.41, 5.74) is -0.188. The van der Waals surface area contributed by atoms with E-state index in [0.717, 1.165) is 32.0 Å². The smallest absolute Gasteiger partial charge is 0.126 e. The molecule has 0 saturated carbocycles. The molecule has 0 fully saturated rings. The van der Waals surface area contributed by atoms with Gasteiger partial charge in [0.15, 0.2) is 0 Å². The maximum Gasteiger partial charge on any atom is 0.126 e. The summed E-state index contributed by atoms with van der Waals surface area (Å²) in [6.45, 7) is 10.3. The predicted molar refractivity (Wildman–Crippen MR) is 66.9 cm³/mol. The van der Waals surface area contributed by atoms with Crippen LogP contribution in [-0.4, -0.2) is 6.29 Å². The normalized spacial score (nSPS) is 16.7. The first-order valence-electron chi connectivity index (χ1n) is 6.23. The van der Waals surface area contributed by atoms with E-state index in [0.29, 0.717) is 5.92 Å². The number of unbranched alkanes of at least 4 members (excludes halogenated alkanes) is 2. The Kier molecular flexibility index (Phi) is 7.37. The van der Waals surface area contributed by atoms with Crippen LogP contribution in [0.15, 0.2) is 12.7 Å². The fraction of sp³-hybridized carbons (Fsp3) is 0.786. The minimum absolute atomic E-state index is 0.188. The number of carbonyl (C=O) groups excluding carboxylic acids is 1. The Bertz CT molecular complexity index is 186. The molecule has 0 aliphatic heterocycles. The van der Waals surface area contributed by atoms with Gasteiger partial charge >= 0.3 is 0 Å². The molecular formula is C14H26O. The van der Waals surface area contributed by atoms with Crippen molar-refractivity contribution in [2.45, 2.75) is 59.3 Å². The zero-order chi connectivity index (χ0) is 11.7. The van der Waals surface area contributed by atoms with Crippen LogP contribution < -0.4 is 0 Å². The average Bonchev–Trinajstić information content (AvgIpc) is 2.26. The second kappa shape index (κ2) is 7.67. The van der Waals surface area contributed by atoms with Crippen LogP contribution in [0.25, 0.3) is 0 Å². The Hall–Kier alpha value is -0.590. The Morgan fingerprint density at radius 2 is 1.93 bits per heavy atom. The summed E-state index contributed by atoms with van der Waals surface area (Å²) in [7, 11) is 0. The Morgan fingerprint density at radius 1 is 1.27 bits per heavy atom. The third-order valence-corrected chi connectivity index (χ3v) is 3.32. The molecule has 0 spiro atoms. The zero-order valence-corrected chi connectivity index (χ0v) is 10.6. The molecule has 0 aromatic heterocycles. The van der Waals surface area contributed by atoms with Gasteiger partial charge in [0.2, 0.25) is 0 Å². The molecule has 2 atom stereocenters. The molecule has 0 aromatic carbocycles. The number of rotatable bonds is 9. The van der Waals surface area contributed by atoms with Gasteiger partial charge in [0, 0.05) is 5.41 Å². The molecule has 1 heteroatoms. The molecule has 0 heterocycles. The largest absolute Gasteiger partial charge is 0.303 e. The Morgan fingerprint density at radius 3 is 2.33 bits per heavy atom. The molecule has 0 unspecified atom stereocenters. The van der Waals surface area contributed by atoms with Crippen LogP contribution in [0.2, 0.25) is 0 Å². The maximum absolute atomic E-state index is 11.2. The highest BCUT2D eigenvalue weighted by Gasteiger charge is 2.30. The number of aldehydes is 1. The standard InChI is InChI=1S/C14H26O/c1-5-8-9-11-14(4,12-15)13(7-3)10-6-2/h7,12-13H,3,5-6,8-11H2,1-2,4H3/t13-,14-/m0/s1. The molecule has 0 N–H and O–H groups in total. The summed E-state index contributed by atoms with van der Waals surface area (Å²) in [4.78, 5) is 11.2. The van der Waals surface area contributed by atoms with Crippen LogP contribution >= 0.6 is 0 Å². The van der Waals surface area contributed by atoms with Gasteiger partial charge in [-0.15, -0.1) is 6.58 Å². The fourth-order valence-electron chi connectivity index (χ4n) is 2.12. The van der Waals surface area contributed by atoms with E-state index in [1.165, 1.54) is 12.8 Å². The quantitative estimate of drug-likeness (QED) is 0.314. The van der Waals surface area contributed by atoms with Gasteiger partial charge in [-0.3, -0.25) is 0 Å².